The molecule has 1 N–H and O–H groups in total. The summed E-state index contributed by atoms with van der Waals surface area (Å²) in [6.45, 7) is 3.32. The van der Waals surface area contributed by atoms with E-state index in [1.807, 2.05) is 19.1 Å². The molecule has 0 unspecified atom stereocenters. The maximum absolute atomic E-state index is 14.0. The molecule has 2 aromatic carbocycles. The summed E-state index contributed by atoms with van der Waals surface area (Å²) in [5, 5.41) is 3.78. The van der Waals surface area contributed by atoms with E-state index in [0.29, 0.717) is 16.1 Å². The van der Waals surface area contributed by atoms with Gasteiger partial charge in [0.2, 0.25) is 5.91 Å². The molecule has 128 valence electrons. The first kappa shape index (κ1) is 17.6. The number of ketones is 1. The average molecular weight is 374 g/mol. The molecular weight excluding hydrogens is 359 g/mol. The van der Waals surface area contributed by atoms with Crippen LogP contribution in [0.2, 0.25) is 0 Å². The number of carbonyl (C=O) groups excluding carboxylic acids is 2. The zero-order chi connectivity index (χ0) is 18.0. The minimum Gasteiger partial charge on any atom is -0.325 e. The van der Waals surface area contributed by atoms with Crippen molar-refractivity contribution >= 4 is 50.7 Å². The predicted molar refractivity (Wildman–Crippen MR) is 100 cm³/mol. The summed E-state index contributed by atoms with van der Waals surface area (Å²) >= 11 is 2.66. The van der Waals surface area contributed by atoms with Gasteiger partial charge in [0.25, 0.3) is 0 Å². The van der Waals surface area contributed by atoms with Gasteiger partial charge in [0, 0.05) is 16.1 Å². The van der Waals surface area contributed by atoms with Crippen LogP contribution in [0.3, 0.4) is 0 Å². The zero-order valence-electron chi connectivity index (χ0n) is 13.6. The van der Waals surface area contributed by atoms with Crippen molar-refractivity contribution in [3.8, 4) is 0 Å². The van der Waals surface area contributed by atoms with Crippen molar-refractivity contribution in [2.45, 2.75) is 18.7 Å². The van der Waals surface area contributed by atoms with Gasteiger partial charge in [-0.25, -0.2) is 9.37 Å². The number of nitrogens with one attached hydrogen (secondary N) is 1. The molecular formula is C18H15FN2O2S2. The number of amides is 1. The first-order chi connectivity index (χ1) is 11.9. The minimum atomic E-state index is -0.493. The summed E-state index contributed by atoms with van der Waals surface area (Å²) in [4.78, 5) is 28.0. The first-order valence-corrected chi connectivity index (χ1v) is 9.33. The van der Waals surface area contributed by atoms with Crippen LogP contribution in [0.1, 0.15) is 22.3 Å². The van der Waals surface area contributed by atoms with Gasteiger partial charge < -0.3 is 5.32 Å². The molecule has 0 aliphatic rings. The van der Waals surface area contributed by atoms with E-state index < -0.39 is 5.82 Å². The predicted octanol–water partition coefficient (Wildman–Crippen LogP) is 4.68. The topological polar surface area (TPSA) is 59.1 Å². The molecule has 3 aromatic rings. The van der Waals surface area contributed by atoms with E-state index in [9.17, 15) is 14.0 Å². The summed E-state index contributed by atoms with van der Waals surface area (Å²) in [6, 6.07) is 9.82. The number of hydrogen-bond donors (Lipinski definition) is 1. The Morgan fingerprint density at radius 3 is 2.76 bits per heavy atom. The van der Waals surface area contributed by atoms with Gasteiger partial charge in [0.15, 0.2) is 5.78 Å². The minimum absolute atomic E-state index is 0.0795. The third-order valence-electron chi connectivity index (χ3n) is 3.48. The van der Waals surface area contributed by atoms with E-state index in [0.717, 1.165) is 27.0 Å². The van der Waals surface area contributed by atoms with Gasteiger partial charge in [-0.2, -0.15) is 0 Å². The lowest BCUT2D eigenvalue weighted by molar-refractivity contribution is -0.113. The zero-order valence-corrected chi connectivity index (χ0v) is 15.3. The van der Waals surface area contributed by atoms with Crippen molar-refractivity contribution in [1.29, 1.82) is 0 Å². The van der Waals surface area contributed by atoms with Gasteiger partial charge in [-0.15, -0.1) is 23.1 Å². The molecule has 1 amide bonds. The van der Waals surface area contributed by atoms with Crippen LogP contribution in [0, 0.1) is 12.7 Å². The number of aryl methyl sites for hydroxylation is 1. The van der Waals surface area contributed by atoms with Crippen molar-refractivity contribution in [3.63, 3.8) is 0 Å². The second-order valence-electron chi connectivity index (χ2n) is 5.45. The highest BCUT2D eigenvalue weighted by molar-refractivity contribution is 8.00. The van der Waals surface area contributed by atoms with E-state index in [1.54, 1.807) is 23.5 Å². The number of thioether (sulfide) groups is 1. The van der Waals surface area contributed by atoms with E-state index in [4.69, 9.17) is 0 Å². The van der Waals surface area contributed by atoms with Crippen molar-refractivity contribution in [3.05, 3.63) is 52.8 Å². The highest BCUT2D eigenvalue weighted by atomic mass is 32.2. The van der Waals surface area contributed by atoms with Crippen LogP contribution in [-0.2, 0) is 4.79 Å². The lowest BCUT2D eigenvalue weighted by atomic mass is 10.1. The summed E-state index contributed by atoms with van der Waals surface area (Å²) < 4.78 is 15.0. The Bertz CT molecular complexity index is 969. The van der Waals surface area contributed by atoms with Crippen LogP contribution in [0.5, 0.6) is 0 Å². The Morgan fingerprint density at radius 1 is 1.24 bits per heavy atom. The largest absolute Gasteiger partial charge is 0.325 e. The van der Waals surface area contributed by atoms with Gasteiger partial charge in [-0.1, -0.05) is 6.07 Å². The van der Waals surface area contributed by atoms with E-state index in [-0.39, 0.29) is 17.4 Å². The fourth-order valence-electron chi connectivity index (χ4n) is 2.29. The number of halogens is 1. The Kier molecular flexibility index (Phi) is 5.15. The number of benzene rings is 2. The molecule has 25 heavy (non-hydrogen) atoms. The van der Waals surface area contributed by atoms with Crippen LogP contribution in [0.4, 0.5) is 10.1 Å². The van der Waals surface area contributed by atoms with Crippen LogP contribution in [0.15, 0.2) is 41.3 Å². The fraction of sp³-hybridized carbons (Fsp3) is 0.167. The van der Waals surface area contributed by atoms with Crippen LogP contribution < -0.4 is 5.32 Å². The third kappa shape index (κ3) is 4.24. The monoisotopic (exact) mass is 374 g/mol. The molecule has 4 nitrogen and oxygen atoms in total. The second-order valence-corrected chi connectivity index (χ2v) is 7.71. The molecule has 0 atom stereocenters. The lowest BCUT2D eigenvalue weighted by Crippen LogP contribution is -2.14. The molecule has 0 spiro atoms. The first-order valence-electron chi connectivity index (χ1n) is 7.53. The van der Waals surface area contributed by atoms with Gasteiger partial charge in [-0.05, 0) is 44.2 Å². The maximum atomic E-state index is 14.0. The number of aromatic nitrogens is 1. The Labute approximate surface area is 152 Å². The molecule has 0 saturated carbocycles. The van der Waals surface area contributed by atoms with Gasteiger partial charge in [0.05, 0.1) is 21.0 Å². The number of thiazole rings is 1. The van der Waals surface area contributed by atoms with Crippen LogP contribution in [0.25, 0.3) is 10.2 Å². The van der Waals surface area contributed by atoms with Crippen molar-refractivity contribution in [2.24, 2.45) is 0 Å². The van der Waals surface area contributed by atoms with Gasteiger partial charge in [0.1, 0.15) is 5.82 Å². The standard InChI is InChI=1S/C18H15FN2O2S2/c1-10(22)12-3-6-16(14(19)7-12)24-9-18(23)21-13-4-5-15-17(8-13)25-11(2)20-15/h3-8H,9H2,1-2H3,(H,21,23). The summed E-state index contributed by atoms with van der Waals surface area (Å²) in [5.41, 5.74) is 1.91. The van der Waals surface area contributed by atoms with Gasteiger partial charge >= 0.3 is 0 Å². The number of nitrogens with zero attached hydrogens (tertiary/aromatic N) is 1. The maximum Gasteiger partial charge on any atom is 0.234 e. The third-order valence-corrected chi connectivity index (χ3v) is 5.46. The Hall–Kier alpha value is -2.25. The Balaban J connectivity index is 1.63. The summed E-state index contributed by atoms with van der Waals surface area (Å²) in [7, 11) is 0. The molecule has 0 radical (unpaired) electrons. The van der Waals surface area contributed by atoms with Gasteiger partial charge in [-0.3, -0.25) is 9.59 Å². The molecule has 0 aliphatic carbocycles. The van der Waals surface area contributed by atoms with E-state index in [2.05, 4.69) is 10.3 Å². The molecule has 0 fully saturated rings. The van der Waals surface area contributed by atoms with Crippen molar-refractivity contribution in [2.75, 3.05) is 11.1 Å². The number of rotatable bonds is 5. The molecule has 0 saturated heterocycles. The summed E-state index contributed by atoms with van der Waals surface area (Å²) in [5.74, 6) is -0.828. The number of carbonyl (C=O) groups is 2. The normalized spacial score (nSPS) is 10.8. The fourth-order valence-corrected chi connectivity index (χ4v) is 3.88. The highest BCUT2D eigenvalue weighted by Crippen LogP contribution is 2.26. The van der Waals surface area contributed by atoms with E-state index >= 15 is 0 Å². The number of fused-ring (bicyclic) bond motifs is 1. The number of Topliss-reactive ketones (excluding diaryl/α,β-unsaturated/α-hetero) is 1. The molecule has 0 aliphatic heterocycles. The number of anilines is 1. The Morgan fingerprint density at radius 2 is 2.04 bits per heavy atom. The molecule has 0 bridgehead atoms. The molecule has 1 heterocycles. The van der Waals surface area contributed by atoms with E-state index in [1.165, 1.54) is 19.1 Å². The molecule has 1 aromatic heterocycles. The second kappa shape index (κ2) is 7.33. The van der Waals surface area contributed by atoms with Crippen molar-refractivity contribution < 1.29 is 14.0 Å². The smallest absolute Gasteiger partial charge is 0.234 e. The average Bonchev–Trinajstić information content (AvgIpc) is 2.92. The molecule has 3 rings (SSSR count). The highest BCUT2D eigenvalue weighted by Gasteiger charge is 2.10. The summed E-state index contributed by atoms with van der Waals surface area (Å²) in [6.07, 6.45) is 0. The number of hydrogen-bond acceptors (Lipinski definition) is 5. The van der Waals surface area contributed by atoms with Crippen molar-refractivity contribution in [1.82, 2.24) is 4.98 Å². The quantitative estimate of drug-likeness (QED) is 0.520. The van der Waals surface area contributed by atoms with Crippen LogP contribution >= 0.6 is 23.1 Å². The van der Waals surface area contributed by atoms with Crippen LogP contribution in [-0.4, -0.2) is 22.4 Å². The molecule has 7 heteroatoms. The SMILES string of the molecule is CC(=O)c1ccc(SCC(=O)Nc2ccc3nc(C)sc3c2)c(F)c1. The lowest BCUT2D eigenvalue weighted by Gasteiger charge is -2.06.